The van der Waals surface area contributed by atoms with Crippen LogP contribution in [0.1, 0.15) is 29.5 Å². The third-order valence-electron chi connectivity index (χ3n) is 6.00. The molecule has 178 valence electrons. The van der Waals surface area contributed by atoms with Crippen molar-refractivity contribution >= 4 is 37.9 Å². The zero-order valence-electron chi connectivity index (χ0n) is 18.9. The molecular formula is C24H26N4O5S. The number of hydrogen-bond acceptors (Lipinski definition) is 6. The molecule has 5 rings (SSSR count). The van der Waals surface area contributed by atoms with Crippen molar-refractivity contribution in [3.63, 3.8) is 0 Å². The van der Waals surface area contributed by atoms with E-state index in [1.54, 1.807) is 24.4 Å². The summed E-state index contributed by atoms with van der Waals surface area (Å²) in [6.45, 7) is 4.14. The van der Waals surface area contributed by atoms with E-state index in [0.717, 1.165) is 22.8 Å². The number of carbonyl (C=O) groups is 1. The molecule has 0 amide bonds. The van der Waals surface area contributed by atoms with Gasteiger partial charge in [-0.3, -0.25) is 0 Å². The van der Waals surface area contributed by atoms with Crippen LogP contribution in [-0.4, -0.2) is 59.5 Å². The average Bonchev–Trinajstić information content (AvgIpc) is 3.44. The van der Waals surface area contributed by atoms with Crippen LogP contribution in [0.2, 0.25) is 0 Å². The minimum absolute atomic E-state index is 0.0153. The SMILES string of the molecule is CCCn1c(COC(=O)c2c[nH]c3ccccc23)nc2cc(S(=O)(=O)N3CCOCC3)ccc21. The molecular weight excluding hydrogens is 456 g/mol. The quantitative estimate of drug-likeness (QED) is 0.405. The van der Waals surface area contributed by atoms with Gasteiger partial charge in [-0.2, -0.15) is 4.31 Å². The van der Waals surface area contributed by atoms with E-state index in [0.29, 0.717) is 49.8 Å². The van der Waals surface area contributed by atoms with Gasteiger partial charge in [-0.15, -0.1) is 0 Å². The monoisotopic (exact) mass is 482 g/mol. The molecule has 2 aromatic heterocycles. The first-order valence-electron chi connectivity index (χ1n) is 11.3. The molecule has 34 heavy (non-hydrogen) atoms. The van der Waals surface area contributed by atoms with Crippen molar-refractivity contribution in [2.75, 3.05) is 26.3 Å². The number of benzene rings is 2. The summed E-state index contributed by atoms with van der Waals surface area (Å²) < 4.78 is 40.4. The normalized spacial score (nSPS) is 15.2. The van der Waals surface area contributed by atoms with E-state index in [1.807, 2.05) is 35.8 Å². The summed E-state index contributed by atoms with van der Waals surface area (Å²) in [7, 11) is -3.63. The number of imidazole rings is 1. The van der Waals surface area contributed by atoms with Crippen LogP contribution in [0.15, 0.2) is 53.6 Å². The van der Waals surface area contributed by atoms with Crippen molar-refractivity contribution in [1.82, 2.24) is 18.8 Å². The molecule has 0 aliphatic carbocycles. The Hall–Kier alpha value is -3.21. The van der Waals surface area contributed by atoms with Crippen LogP contribution >= 0.6 is 0 Å². The number of nitrogens with zero attached hydrogens (tertiary/aromatic N) is 3. The lowest BCUT2D eigenvalue weighted by Crippen LogP contribution is -2.40. The van der Waals surface area contributed by atoms with Crippen molar-refractivity contribution in [2.24, 2.45) is 0 Å². The molecule has 9 nitrogen and oxygen atoms in total. The number of rotatable bonds is 7. The Kier molecular flexibility index (Phi) is 6.11. The van der Waals surface area contributed by atoms with Crippen LogP contribution < -0.4 is 0 Å². The lowest BCUT2D eigenvalue weighted by molar-refractivity contribution is 0.0461. The number of carbonyl (C=O) groups excluding carboxylic acids is 1. The molecule has 1 aliphatic heterocycles. The number of H-pyrrole nitrogens is 1. The summed E-state index contributed by atoms with van der Waals surface area (Å²) in [5.74, 6) is 0.133. The molecule has 2 aromatic carbocycles. The van der Waals surface area contributed by atoms with Crippen molar-refractivity contribution in [3.8, 4) is 0 Å². The number of aryl methyl sites for hydroxylation is 1. The molecule has 1 fully saturated rings. The van der Waals surface area contributed by atoms with Gasteiger partial charge in [0, 0.05) is 36.7 Å². The Morgan fingerprint density at radius 2 is 1.97 bits per heavy atom. The molecule has 0 atom stereocenters. The Balaban J connectivity index is 1.42. The molecule has 0 unspecified atom stereocenters. The van der Waals surface area contributed by atoms with E-state index in [4.69, 9.17) is 9.47 Å². The molecule has 0 bridgehead atoms. The minimum Gasteiger partial charge on any atom is -0.454 e. The van der Waals surface area contributed by atoms with Crippen molar-refractivity contribution in [1.29, 1.82) is 0 Å². The van der Waals surface area contributed by atoms with Gasteiger partial charge in [0.1, 0.15) is 12.4 Å². The summed E-state index contributed by atoms with van der Waals surface area (Å²) in [6, 6.07) is 12.5. The van der Waals surface area contributed by atoms with Crippen LogP contribution in [0.3, 0.4) is 0 Å². The second-order valence-corrected chi connectivity index (χ2v) is 10.1. The third kappa shape index (κ3) is 4.08. The van der Waals surface area contributed by atoms with E-state index in [9.17, 15) is 13.2 Å². The number of sulfonamides is 1. The van der Waals surface area contributed by atoms with Crippen LogP contribution in [0.5, 0.6) is 0 Å². The molecule has 0 radical (unpaired) electrons. The Morgan fingerprint density at radius 3 is 2.76 bits per heavy atom. The second-order valence-electron chi connectivity index (χ2n) is 8.17. The van der Waals surface area contributed by atoms with Gasteiger partial charge in [-0.25, -0.2) is 18.2 Å². The smallest absolute Gasteiger partial charge is 0.340 e. The number of hydrogen-bond donors (Lipinski definition) is 1. The number of esters is 1. The number of fused-ring (bicyclic) bond motifs is 2. The molecule has 1 N–H and O–H groups in total. The van der Waals surface area contributed by atoms with Gasteiger partial charge >= 0.3 is 5.97 Å². The maximum Gasteiger partial charge on any atom is 0.340 e. The average molecular weight is 483 g/mol. The van der Waals surface area contributed by atoms with Crippen molar-refractivity contribution in [2.45, 2.75) is 31.4 Å². The van der Waals surface area contributed by atoms with Crippen molar-refractivity contribution in [3.05, 3.63) is 60.0 Å². The Labute approximate surface area is 197 Å². The molecule has 0 saturated carbocycles. The van der Waals surface area contributed by atoms with Crippen LogP contribution in [0.25, 0.3) is 21.9 Å². The van der Waals surface area contributed by atoms with Crippen LogP contribution in [-0.2, 0) is 32.6 Å². The van der Waals surface area contributed by atoms with Crippen LogP contribution in [0.4, 0.5) is 0 Å². The number of nitrogens with one attached hydrogen (secondary N) is 1. The van der Waals surface area contributed by atoms with E-state index in [2.05, 4.69) is 9.97 Å². The van der Waals surface area contributed by atoms with E-state index < -0.39 is 16.0 Å². The predicted octanol–water partition coefficient (Wildman–Crippen LogP) is 3.31. The standard InChI is InChI=1S/C24H26N4O5S/c1-2-9-28-22-8-7-17(34(30,31)27-10-12-32-13-11-27)14-21(22)26-23(28)16-33-24(29)19-15-25-20-6-4-3-5-18(19)20/h3-8,14-15,25H,2,9-13,16H2,1H3. The Morgan fingerprint density at radius 1 is 1.18 bits per heavy atom. The van der Waals surface area contributed by atoms with Gasteiger partial charge in [0.15, 0.2) is 0 Å². The summed E-state index contributed by atoms with van der Waals surface area (Å²) >= 11 is 0. The zero-order valence-corrected chi connectivity index (χ0v) is 19.7. The number of para-hydroxylation sites is 1. The number of morpholine rings is 1. The van der Waals surface area contributed by atoms with E-state index >= 15 is 0 Å². The third-order valence-corrected chi connectivity index (χ3v) is 7.89. The predicted molar refractivity (Wildman–Crippen MR) is 127 cm³/mol. The first kappa shape index (κ1) is 22.6. The van der Waals surface area contributed by atoms with E-state index in [1.165, 1.54) is 4.31 Å². The van der Waals surface area contributed by atoms with Gasteiger partial charge in [0.05, 0.1) is 34.7 Å². The van der Waals surface area contributed by atoms with E-state index in [-0.39, 0.29) is 11.5 Å². The molecule has 4 aromatic rings. The molecule has 10 heteroatoms. The molecule has 1 aliphatic rings. The molecule has 1 saturated heterocycles. The lowest BCUT2D eigenvalue weighted by atomic mass is 10.2. The minimum atomic E-state index is -3.63. The topological polar surface area (TPSA) is 107 Å². The second kappa shape index (κ2) is 9.21. The maximum atomic E-state index is 13.1. The first-order valence-corrected chi connectivity index (χ1v) is 12.7. The molecule has 0 spiro atoms. The maximum absolute atomic E-state index is 13.1. The number of aromatic nitrogens is 3. The van der Waals surface area contributed by atoms with Gasteiger partial charge < -0.3 is 19.0 Å². The van der Waals surface area contributed by atoms with Gasteiger partial charge in [0.2, 0.25) is 10.0 Å². The highest BCUT2D eigenvalue weighted by Gasteiger charge is 2.27. The van der Waals surface area contributed by atoms with Gasteiger partial charge in [-0.05, 0) is 30.7 Å². The lowest BCUT2D eigenvalue weighted by Gasteiger charge is -2.26. The fourth-order valence-corrected chi connectivity index (χ4v) is 5.72. The fraction of sp³-hybridized carbons (Fsp3) is 0.333. The zero-order chi connectivity index (χ0) is 23.7. The first-order chi connectivity index (χ1) is 16.5. The Bertz CT molecular complexity index is 1450. The van der Waals surface area contributed by atoms with Crippen molar-refractivity contribution < 1.29 is 22.7 Å². The summed E-state index contributed by atoms with van der Waals surface area (Å²) in [5.41, 5.74) is 2.69. The summed E-state index contributed by atoms with van der Waals surface area (Å²) in [5, 5.41) is 0.799. The number of aromatic amines is 1. The largest absolute Gasteiger partial charge is 0.454 e. The van der Waals surface area contributed by atoms with Gasteiger partial charge in [-0.1, -0.05) is 25.1 Å². The highest BCUT2D eigenvalue weighted by atomic mass is 32.2. The fourth-order valence-electron chi connectivity index (χ4n) is 4.29. The van der Waals surface area contributed by atoms with Gasteiger partial charge in [0.25, 0.3) is 0 Å². The summed E-state index contributed by atoms with van der Waals surface area (Å²) in [4.78, 5) is 20.7. The highest BCUT2D eigenvalue weighted by molar-refractivity contribution is 7.89. The summed E-state index contributed by atoms with van der Waals surface area (Å²) in [6.07, 6.45) is 2.49. The number of ether oxygens (including phenoxy) is 2. The highest BCUT2D eigenvalue weighted by Crippen LogP contribution is 2.25. The van der Waals surface area contributed by atoms with Crippen LogP contribution in [0, 0.1) is 0 Å². The molecule has 3 heterocycles.